The van der Waals surface area contributed by atoms with E-state index in [1.54, 1.807) is 6.07 Å². The average Bonchev–Trinajstić information content (AvgIpc) is 2.63. The van der Waals surface area contributed by atoms with Crippen LogP contribution in [0.15, 0.2) is 33.5 Å². The molecule has 2 aromatic heterocycles. The van der Waals surface area contributed by atoms with Gasteiger partial charge in [-0.2, -0.15) is 0 Å². The lowest BCUT2D eigenvalue weighted by Gasteiger charge is -2.02. The van der Waals surface area contributed by atoms with Gasteiger partial charge in [0.1, 0.15) is 11.3 Å². The highest BCUT2D eigenvalue weighted by atomic mass is 16.4. The lowest BCUT2D eigenvalue weighted by atomic mass is 10.2. The van der Waals surface area contributed by atoms with Crippen LogP contribution in [0.25, 0.3) is 22.0 Å². The van der Waals surface area contributed by atoms with E-state index in [1.807, 2.05) is 18.2 Å². The van der Waals surface area contributed by atoms with Crippen LogP contribution in [0.2, 0.25) is 0 Å². The van der Waals surface area contributed by atoms with Gasteiger partial charge in [0.05, 0.1) is 5.39 Å². The van der Waals surface area contributed by atoms with E-state index in [0.717, 1.165) is 42.5 Å². The van der Waals surface area contributed by atoms with Crippen LogP contribution in [0.5, 0.6) is 0 Å². The molecule has 0 amide bonds. The van der Waals surface area contributed by atoms with Crippen molar-refractivity contribution in [2.45, 2.75) is 32.2 Å². The normalized spacial score (nSPS) is 15.6. The first-order valence-corrected chi connectivity index (χ1v) is 6.75. The second-order valence-corrected chi connectivity index (χ2v) is 5.08. The fraction of sp³-hybridized carbons (Fsp3) is 0.333. The molecule has 0 saturated carbocycles. The van der Waals surface area contributed by atoms with Gasteiger partial charge in [-0.25, -0.2) is 9.78 Å². The Kier molecular flexibility index (Phi) is 2.24. The first kappa shape index (κ1) is 10.8. The fourth-order valence-corrected chi connectivity index (χ4v) is 2.92. The molecule has 0 spiro atoms. The minimum atomic E-state index is -0.268. The zero-order chi connectivity index (χ0) is 12.8. The number of hydrogen-bond acceptors (Lipinski definition) is 3. The topological polar surface area (TPSA) is 48.0 Å². The lowest BCUT2D eigenvalue weighted by molar-refractivity contribution is 0.519. The minimum Gasteiger partial charge on any atom is -0.403 e. The summed E-state index contributed by atoms with van der Waals surface area (Å²) in [7, 11) is 0. The van der Waals surface area contributed by atoms with Crippen molar-refractivity contribution in [3.63, 3.8) is 0 Å². The number of nitrogens with zero attached hydrogens (tertiary/aromatic N) is 2. The molecule has 1 aliphatic heterocycles. The number of imidazole rings is 1. The molecule has 1 aliphatic rings. The second-order valence-electron chi connectivity index (χ2n) is 5.08. The Balaban J connectivity index is 2.16. The number of aromatic nitrogens is 2. The highest BCUT2D eigenvalue weighted by Gasteiger charge is 2.18. The van der Waals surface area contributed by atoms with Crippen LogP contribution in [-0.2, 0) is 13.0 Å². The highest BCUT2D eigenvalue weighted by molar-refractivity contribution is 6.01. The Morgan fingerprint density at radius 3 is 2.84 bits per heavy atom. The first-order valence-electron chi connectivity index (χ1n) is 6.75. The number of fused-ring (bicyclic) bond motifs is 5. The summed E-state index contributed by atoms with van der Waals surface area (Å²) in [5.74, 6) is 1.05. The Morgan fingerprint density at radius 1 is 1.11 bits per heavy atom. The van der Waals surface area contributed by atoms with Crippen LogP contribution < -0.4 is 5.63 Å². The van der Waals surface area contributed by atoms with E-state index in [1.165, 1.54) is 6.42 Å². The quantitative estimate of drug-likeness (QED) is 0.619. The van der Waals surface area contributed by atoms with Crippen molar-refractivity contribution in [1.29, 1.82) is 0 Å². The third-order valence-corrected chi connectivity index (χ3v) is 3.87. The van der Waals surface area contributed by atoms with E-state index in [0.29, 0.717) is 11.1 Å². The molecule has 3 heterocycles. The predicted octanol–water partition coefficient (Wildman–Crippen LogP) is 2.87. The maximum atomic E-state index is 12.1. The minimum absolute atomic E-state index is 0.268. The van der Waals surface area contributed by atoms with Crippen molar-refractivity contribution >= 4 is 22.0 Å². The summed E-state index contributed by atoms with van der Waals surface area (Å²) in [4.78, 5) is 16.8. The summed E-state index contributed by atoms with van der Waals surface area (Å²) >= 11 is 0. The monoisotopic (exact) mass is 254 g/mol. The van der Waals surface area contributed by atoms with Gasteiger partial charge in [0.25, 0.3) is 0 Å². The van der Waals surface area contributed by atoms with Crippen molar-refractivity contribution < 1.29 is 4.42 Å². The van der Waals surface area contributed by atoms with Crippen molar-refractivity contribution in [2.75, 3.05) is 0 Å². The molecule has 4 nitrogen and oxygen atoms in total. The molecular weight excluding hydrogens is 240 g/mol. The zero-order valence-corrected chi connectivity index (χ0v) is 10.6. The van der Waals surface area contributed by atoms with Crippen LogP contribution in [0.3, 0.4) is 0 Å². The van der Waals surface area contributed by atoms with Crippen LogP contribution in [0.4, 0.5) is 0 Å². The van der Waals surface area contributed by atoms with E-state index < -0.39 is 0 Å². The van der Waals surface area contributed by atoms with Gasteiger partial charge in [0.2, 0.25) is 5.71 Å². The van der Waals surface area contributed by atoms with Gasteiger partial charge in [-0.1, -0.05) is 24.6 Å². The zero-order valence-electron chi connectivity index (χ0n) is 10.6. The average molecular weight is 254 g/mol. The van der Waals surface area contributed by atoms with Gasteiger partial charge >= 0.3 is 5.63 Å². The third-order valence-electron chi connectivity index (χ3n) is 3.87. The number of aryl methyl sites for hydroxylation is 2. The second kappa shape index (κ2) is 3.95. The molecule has 0 bridgehead atoms. The summed E-state index contributed by atoms with van der Waals surface area (Å²) in [5.41, 5.74) is 1.20. The summed E-state index contributed by atoms with van der Waals surface area (Å²) in [6.07, 6.45) is 4.45. The van der Waals surface area contributed by atoms with E-state index >= 15 is 0 Å². The fourth-order valence-electron chi connectivity index (χ4n) is 2.92. The van der Waals surface area contributed by atoms with Crippen molar-refractivity contribution in [3.05, 3.63) is 40.5 Å². The smallest absolute Gasteiger partial charge is 0.345 e. The molecular formula is C15H14N2O2. The molecule has 1 aromatic carbocycles. The van der Waals surface area contributed by atoms with Crippen LogP contribution in [-0.4, -0.2) is 9.55 Å². The van der Waals surface area contributed by atoms with Gasteiger partial charge < -0.3 is 4.42 Å². The summed E-state index contributed by atoms with van der Waals surface area (Å²) < 4.78 is 7.59. The predicted molar refractivity (Wildman–Crippen MR) is 73.3 cm³/mol. The molecule has 0 aliphatic carbocycles. The molecule has 0 unspecified atom stereocenters. The van der Waals surface area contributed by atoms with Crippen molar-refractivity contribution in [3.8, 4) is 0 Å². The maximum absolute atomic E-state index is 12.1. The molecule has 0 atom stereocenters. The molecule has 0 N–H and O–H groups in total. The number of rotatable bonds is 0. The summed E-state index contributed by atoms with van der Waals surface area (Å²) in [6, 6.07) is 7.53. The Labute approximate surface area is 109 Å². The number of hydrogen-bond donors (Lipinski definition) is 0. The Bertz CT molecular complexity index is 829. The van der Waals surface area contributed by atoms with Gasteiger partial charge in [-0.3, -0.25) is 4.57 Å². The molecule has 4 rings (SSSR count). The number of benzene rings is 1. The molecule has 3 aromatic rings. The molecule has 0 radical (unpaired) electrons. The van der Waals surface area contributed by atoms with Gasteiger partial charge in [-0.15, -0.1) is 0 Å². The van der Waals surface area contributed by atoms with E-state index in [2.05, 4.69) is 4.57 Å². The van der Waals surface area contributed by atoms with Crippen LogP contribution >= 0.6 is 0 Å². The van der Waals surface area contributed by atoms with Crippen molar-refractivity contribution in [1.82, 2.24) is 9.55 Å². The largest absolute Gasteiger partial charge is 0.403 e. The van der Waals surface area contributed by atoms with Gasteiger partial charge in [0.15, 0.2) is 0 Å². The maximum Gasteiger partial charge on any atom is 0.345 e. The molecule has 4 heteroatoms. The van der Waals surface area contributed by atoms with E-state index in [9.17, 15) is 4.79 Å². The summed E-state index contributed by atoms with van der Waals surface area (Å²) in [5, 5.41) is 1.51. The van der Waals surface area contributed by atoms with Gasteiger partial charge in [-0.05, 0) is 18.9 Å². The van der Waals surface area contributed by atoms with Gasteiger partial charge in [0, 0.05) is 18.4 Å². The molecule has 0 saturated heterocycles. The molecule has 19 heavy (non-hydrogen) atoms. The standard InChI is InChI=1S/C15H14N2O2/c18-15-11-7-4-3-6-10(11)13-14(19-15)17-9-5-1-2-8-12(17)16-13/h3-4,6-7H,1-2,5,8-9H2. The first-order chi connectivity index (χ1) is 9.34. The van der Waals surface area contributed by atoms with E-state index in [4.69, 9.17) is 9.40 Å². The van der Waals surface area contributed by atoms with Crippen LogP contribution in [0, 0.1) is 0 Å². The molecule has 0 fully saturated rings. The summed E-state index contributed by atoms with van der Waals surface area (Å²) in [6.45, 7) is 0.896. The SMILES string of the molecule is O=c1oc2c(nc3n2CCCCC3)c2ccccc12. The Morgan fingerprint density at radius 2 is 1.95 bits per heavy atom. The highest BCUT2D eigenvalue weighted by Crippen LogP contribution is 2.26. The molecule has 96 valence electrons. The lowest BCUT2D eigenvalue weighted by Crippen LogP contribution is -2.04. The Hall–Kier alpha value is -2.10. The van der Waals surface area contributed by atoms with Crippen molar-refractivity contribution in [2.24, 2.45) is 0 Å². The van der Waals surface area contributed by atoms with Crippen LogP contribution in [0.1, 0.15) is 25.1 Å². The third kappa shape index (κ3) is 1.52. The van der Waals surface area contributed by atoms with E-state index in [-0.39, 0.29) is 5.63 Å².